The number of thiazole rings is 1. The number of fused-ring (bicyclic) bond motifs is 2. The summed E-state index contributed by atoms with van der Waals surface area (Å²) in [6.45, 7) is 7.07. The van der Waals surface area contributed by atoms with Crippen LogP contribution in [0.15, 0.2) is 45.9 Å². The third-order valence-corrected chi connectivity index (χ3v) is 5.91. The van der Waals surface area contributed by atoms with Crippen LogP contribution in [0.4, 0.5) is 5.69 Å². The van der Waals surface area contributed by atoms with Gasteiger partial charge in [0.1, 0.15) is 5.58 Å². The molecule has 0 spiro atoms. The molecule has 1 aliphatic rings. The number of aryl methyl sites for hydroxylation is 1. The zero-order valence-corrected chi connectivity index (χ0v) is 16.0. The standard InChI is InChI=1S/C20H20N4O2S/c1-12-9-23(6-5-21-12)15-4-3-14-7-16(19(25)26-18(14)8-15)17-11-24-10-13(2)27-20(24)22-17/h3-4,7-8,10-12,21H,5-6,9H2,1-2H3/t12-/m1/s1. The summed E-state index contributed by atoms with van der Waals surface area (Å²) in [5, 5.41) is 4.35. The number of rotatable bonds is 2. The van der Waals surface area contributed by atoms with Crippen molar-refractivity contribution in [2.24, 2.45) is 0 Å². The van der Waals surface area contributed by atoms with Gasteiger partial charge in [0.25, 0.3) is 0 Å². The average molecular weight is 380 g/mol. The van der Waals surface area contributed by atoms with Gasteiger partial charge in [-0.2, -0.15) is 0 Å². The highest BCUT2D eigenvalue weighted by molar-refractivity contribution is 7.17. The van der Waals surface area contributed by atoms with Gasteiger partial charge < -0.3 is 14.6 Å². The van der Waals surface area contributed by atoms with E-state index in [0.717, 1.165) is 35.7 Å². The highest BCUT2D eigenvalue weighted by Gasteiger charge is 2.17. The van der Waals surface area contributed by atoms with E-state index in [1.54, 1.807) is 11.3 Å². The Morgan fingerprint density at radius 3 is 3.00 bits per heavy atom. The van der Waals surface area contributed by atoms with Crippen LogP contribution in [0.2, 0.25) is 0 Å². The van der Waals surface area contributed by atoms with Gasteiger partial charge in [0.15, 0.2) is 4.96 Å². The van der Waals surface area contributed by atoms with E-state index in [1.165, 1.54) is 4.88 Å². The first-order valence-corrected chi connectivity index (χ1v) is 9.90. The van der Waals surface area contributed by atoms with Crippen molar-refractivity contribution in [2.45, 2.75) is 19.9 Å². The van der Waals surface area contributed by atoms with E-state index in [1.807, 2.05) is 41.9 Å². The van der Waals surface area contributed by atoms with Gasteiger partial charge in [0.2, 0.25) is 0 Å². The van der Waals surface area contributed by atoms with Crippen LogP contribution in [0, 0.1) is 6.92 Å². The van der Waals surface area contributed by atoms with Crippen molar-refractivity contribution in [2.75, 3.05) is 24.5 Å². The minimum atomic E-state index is -0.351. The third-order valence-electron chi connectivity index (χ3n) is 5.00. The Morgan fingerprint density at radius 1 is 1.30 bits per heavy atom. The number of anilines is 1. The Bertz CT molecular complexity index is 1170. The lowest BCUT2D eigenvalue weighted by Gasteiger charge is -2.33. The van der Waals surface area contributed by atoms with Crippen LogP contribution in [0.3, 0.4) is 0 Å². The fourth-order valence-corrected chi connectivity index (χ4v) is 4.49. The van der Waals surface area contributed by atoms with Crippen molar-refractivity contribution in [3.05, 3.63) is 52.0 Å². The van der Waals surface area contributed by atoms with Crippen molar-refractivity contribution in [3.8, 4) is 11.3 Å². The molecule has 1 atom stereocenters. The van der Waals surface area contributed by atoms with Gasteiger partial charge in [0, 0.05) is 60.1 Å². The molecule has 5 rings (SSSR count). The molecular weight excluding hydrogens is 360 g/mol. The van der Waals surface area contributed by atoms with Gasteiger partial charge in [-0.25, -0.2) is 9.78 Å². The van der Waals surface area contributed by atoms with E-state index in [-0.39, 0.29) is 5.63 Å². The lowest BCUT2D eigenvalue weighted by molar-refractivity contribution is 0.484. The summed E-state index contributed by atoms with van der Waals surface area (Å²) in [4.78, 5) is 21.6. The minimum absolute atomic E-state index is 0.351. The van der Waals surface area contributed by atoms with Gasteiger partial charge in [-0.1, -0.05) is 0 Å². The number of nitrogens with zero attached hydrogens (tertiary/aromatic N) is 3. The second-order valence-corrected chi connectivity index (χ2v) is 8.34. The van der Waals surface area contributed by atoms with Crippen molar-refractivity contribution in [3.63, 3.8) is 0 Å². The highest BCUT2D eigenvalue weighted by Crippen LogP contribution is 2.27. The molecular formula is C20H20N4O2S. The number of benzene rings is 1. The topological polar surface area (TPSA) is 62.8 Å². The second kappa shape index (κ2) is 6.21. The molecule has 0 aliphatic carbocycles. The summed E-state index contributed by atoms with van der Waals surface area (Å²) in [6, 6.07) is 8.41. The molecule has 4 aromatic rings. The largest absolute Gasteiger partial charge is 0.422 e. The predicted octanol–water partition coefficient (Wildman–Crippen LogP) is 3.28. The molecule has 1 fully saturated rings. The predicted molar refractivity (Wildman–Crippen MR) is 109 cm³/mol. The van der Waals surface area contributed by atoms with Crippen LogP contribution >= 0.6 is 11.3 Å². The Hall–Kier alpha value is -2.64. The van der Waals surface area contributed by atoms with Crippen LogP contribution in [0.25, 0.3) is 27.2 Å². The van der Waals surface area contributed by atoms with Gasteiger partial charge >= 0.3 is 5.63 Å². The van der Waals surface area contributed by atoms with Crippen LogP contribution in [-0.2, 0) is 0 Å². The van der Waals surface area contributed by atoms with Crippen LogP contribution < -0.4 is 15.8 Å². The fraction of sp³-hybridized carbons (Fsp3) is 0.300. The molecule has 27 heavy (non-hydrogen) atoms. The molecule has 138 valence electrons. The monoisotopic (exact) mass is 380 g/mol. The quantitative estimate of drug-likeness (QED) is 0.541. The molecule has 4 heterocycles. The highest BCUT2D eigenvalue weighted by atomic mass is 32.1. The lowest BCUT2D eigenvalue weighted by Crippen LogP contribution is -2.49. The maximum absolute atomic E-state index is 12.6. The SMILES string of the molecule is Cc1cn2cc(-c3cc4ccc(N5CCN[C@H](C)C5)cc4oc3=O)nc2s1. The number of hydrogen-bond acceptors (Lipinski definition) is 6. The molecule has 0 radical (unpaired) electrons. The zero-order valence-electron chi connectivity index (χ0n) is 15.2. The Kier molecular flexibility index (Phi) is 3.80. The molecule has 3 aromatic heterocycles. The van der Waals surface area contributed by atoms with Crippen LogP contribution in [0.1, 0.15) is 11.8 Å². The summed E-state index contributed by atoms with van der Waals surface area (Å²) in [7, 11) is 0. The smallest absolute Gasteiger partial charge is 0.345 e. The van der Waals surface area contributed by atoms with Crippen molar-refractivity contribution < 1.29 is 4.42 Å². The van der Waals surface area contributed by atoms with E-state index in [9.17, 15) is 4.79 Å². The Labute approximate surface area is 160 Å². The number of piperazine rings is 1. The summed E-state index contributed by atoms with van der Waals surface area (Å²) >= 11 is 1.60. The summed E-state index contributed by atoms with van der Waals surface area (Å²) in [6.07, 6.45) is 3.90. The minimum Gasteiger partial charge on any atom is -0.422 e. The normalized spacial score (nSPS) is 17.9. The molecule has 1 saturated heterocycles. The number of aromatic nitrogens is 2. The first-order valence-electron chi connectivity index (χ1n) is 9.08. The number of hydrogen-bond donors (Lipinski definition) is 1. The van der Waals surface area contributed by atoms with E-state index in [2.05, 4.69) is 28.2 Å². The third kappa shape index (κ3) is 2.93. The van der Waals surface area contributed by atoms with E-state index in [0.29, 0.717) is 22.9 Å². The molecule has 7 heteroatoms. The maximum atomic E-state index is 12.6. The number of nitrogens with one attached hydrogen (secondary N) is 1. The fourth-order valence-electron chi connectivity index (χ4n) is 3.68. The van der Waals surface area contributed by atoms with Crippen molar-refractivity contribution in [1.82, 2.24) is 14.7 Å². The molecule has 1 N–H and O–H groups in total. The van der Waals surface area contributed by atoms with Crippen LogP contribution in [0.5, 0.6) is 0 Å². The second-order valence-electron chi connectivity index (χ2n) is 7.13. The van der Waals surface area contributed by atoms with Crippen molar-refractivity contribution in [1.29, 1.82) is 0 Å². The average Bonchev–Trinajstić information content (AvgIpc) is 3.18. The van der Waals surface area contributed by atoms with Gasteiger partial charge in [0.05, 0.1) is 11.3 Å². The van der Waals surface area contributed by atoms with Gasteiger partial charge in [-0.05, 0) is 32.0 Å². The summed E-state index contributed by atoms with van der Waals surface area (Å²) < 4.78 is 7.61. The maximum Gasteiger partial charge on any atom is 0.345 e. The molecule has 1 aromatic carbocycles. The van der Waals surface area contributed by atoms with Gasteiger partial charge in [-0.3, -0.25) is 4.40 Å². The lowest BCUT2D eigenvalue weighted by atomic mass is 10.1. The first kappa shape index (κ1) is 16.5. The summed E-state index contributed by atoms with van der Waals surface area (Å²) in [5.41, 5.74) is 2.50. The molecule has 0 unspecified atom stereocenters. The van der Waals surface area contributed by atoms with Gasteiger partial charge in [-0.15, -0.1) is 11.3 Å². The molecule has 1 aliphatic heterocycles. The number of imidazole rings is 1. The molecule has 0 saturated carbocycles. The van der Waals surface area contributed by atoms with E-state index >= 15 is 0 Å². The van der Waals surface area contributed by atoms with E-state index < -0.39 is 0 Å². The first-order chi connectivity index (χ1) is 13.1. The van der Waals surface area contributed by atoms with Crippen molar-refractivity contribution >= 4 is 33.0 Å². The summed E-state index contributed by atoms with van der Waals surface area (Å²) in [5.74, 6) is 0. The van der Waals surface area contributed by atoms with Crippen LogP contribution in [-0.4, -0.2) is 35.1 Å². The van der Waals surface area contributed by atoms with E-state index in [4.69, 9.17) is 4.42 Å². The molecule has 0 bridgehead atoms. The Balaban J connectivity index is 1.55. The zero-order chi connectivity index (χ0) is 18.5. The molecule has 6 nitrogen and oxygen atoms in total. The molecule has 0 amide bonds. The Morgan fingerprint density at radius 2 is 2.19 bits per heavy atom.